The van der Waals surface area contributed by atoms with E-state index in [1.807, 2.05) is 0 Å². The minimum absolute atomic E-state index is 0.236. The van der Waals surface area contributed by atoms with E-state index in [1.54, 1.807) is 7.11 Å². The van der Waals surface area contributed by atoms with Crippen LogP contribution in [0.25, 0.3) is 0 Å². The lowest BCUT2D eigenvalue weighted by atomic mass is 10.1. The van der Waals surface area contributed by atoms with Crippen LogP contribution in [-0.2, 0) is 4.74 Å². The highest BCUT2D eigenvalue weighted by Gasteiger charge is 2.33. The Kier molecular flexibility index (Phi) is 7.49. The van der Waals surface area contributed by atoms with Crippen molar-refractivity contribution < 1.29 is 4.74 Å². The highest BCUT2D eigenvalue weighted by Crippen LogP contribution is 2.36. The lowest BCUT2D eigenvalue weighted by molar-refractivity contribution is 0.0830. The van der Waals surface area contributed by atoms with Crippen LogP contribution in [-0.4, -0.2) is 49.3 Å². The van der Waals surface area contributed by atoms with Crippen LogP contribution in [0.4, 0.5) is 0 Å². The number of ether oxygens (including phenoxy) is 1. The topological polar surface area (TPSA) is 24.5 Å². The molecule has 3 nitrogen and oxygen atoms in total. The van der Waals surface area contributed by atoms with E-state index < -0.39 is 0 Å². The molecule has 20 heavy (non-hydrogen) atoms. The number of nitrogens with zero attached hydrogens (tertiary/aromatic N) is 1. The lowest BCUT2D eigenvalue weighted by Gasteiger charge is -2.35. The van der Waals surface area contributed by atoms with Gasteiger partial charge in [0.25, 0.3) is 0 Å². The molecule has 0 aliphatic heterocycles. The fourth-order valence-electron chi connectivity index (χ4n) is 2.90. The summed E-state index contributed by atoms with van der Waals surface area (Å²) in [5.74, 6) is 0.932. The maximum Gasteiger partial charge on any atom is 0.0589 e. The molecule has 120 valence electrons. The predicted molar refractivity (Wildman–Crippen MR) is 87.2 cm³/mol. The van der Waals surface area contributed by atoms with Crippen molar-refractivity contribution in [3.05, 3.63) is 0 Å². The zero-order valence-electron chi connectivity index (χ0n) is 14.5. The Morgan fingerprint density at radius 3 is 2.40 bits per heavy atom. The van der Waals surface area contributed by atoms with E-state index in [-0.39, 0.29) is 5.54 Å². The molecule has 0 bridgehead atoms. The van der Waals surface area contributed by atoms with Crippen molar-refractivity contribution in [2.75, 3.05) is 26.8 Å². The van der Waals surface area contributed by atoms with Crippen LogP contribution in [0.5, 0.6) is 0 Å². The highest BCUT2D eigenvalue weighted by molar-refractivity contribution is 4.87. The Labute approximate surface area is 126 Å². The van der Waals surface area contributed by atoms with Gasteiger partial charge >= 0.3 is 0 Å². The number of nitrogens with one attached hydrogen (secondary N) is 1. The van der Waals surface area contributed by atoms with E-state index >= 15 is 0 Å². The van der Waals surface area contributed by atoms with Gasteiger partial charge < -0.3 is 10.1 Å². The molecule has 1 fully saturated rings. The van der Waals surface area contributed by atoms with Crippen molar-refractivity contribution in [1.82, 2.24) is 10.2 Å². The summed E-state index contributed by atoms with van der Waals surface area (Å²) in [6, 6.07) is 1.37. The molecular formula is C17H36N2O. The van der Waals surface area contributed by atoms with Crippen molar-refractivity contribution in [2.45, 2.75) is 77.9 Å². The smallest absolute Gasteiger partial charge is 0.0589 e. The fraction of sp³-hybridized carbons (Fsp3) is 1.00. The van der Waals surface area contributed by atoms with E-state index in [1.165, 1.54) is 25.7 Å². The van der Waals surface area contributed by atoms with E-state index in [2.05, 4.69) is 44.8 Å². The summed E-state index contributed by atoms with van der Waals surface area (Å²) in [4.78, 5) is 2.66. The van der Waals surface area contributed by atoms with Crippen LogP contribution in [0.2, 0.25) is 0 Å². The van der Waals surface area contributed by atoms with Gasteiger partial charge in [-0.25, -0.2) is 0 Å². The van der Waals surface area contributed by atoms with Crippen molar-refractivity contribution in [1.29, 1.82) is 0 Å². The second-order valence-electron chi connectivity index (χ2n) is 7.48. The van der Waals surface area contributed by atoms with Gasteiger partial charge in [-0.15, -0.1) is 0 Å². The SMILES string of the molecule is COCCN(C(C)CCCNC(C)(C)C)C(C)C1CC1. The van der Waals surface area contributed by atoms with E-state index in [9.17, 15) is 0 Å². The zero-order valence-corrected chi connectivity index (χ0v) is 14.5. The summed E-state index contributed by atoms with van der Waals surface area (Å²) in [6.45, 7) is 14.5. The first-order chi connectivity index (χ1) is 9.35. The molecule has 0 saturated heterocycles. The van der Waals surface area contributed by atoms with Gasteiger partial charge in [0, 0.05) is 31.3 Å². The molecule has 0 aromatic carbocycles. The molecule has 1 N–H and O–H groups in total. The summed E-state index contributed by atoms with van der Waals surface area (Å²) in [7, 11) is 1.80. The second kappa shape index (κ2) is 8.35. The summed E-state index contributed by atoms with van der Waals surface area (Å²) >= 11 is 0. The molecular weight excluding hydrogens is 248 g/mol. The van der Waals surface area contributed by atoms with Crippen LogP contribution in [0.15, 0.2) is 0 Å². The summed E-state index contributed by atoms with van der Waals surface area (Å²) in [6.07, 6.45) is 5.36. The average molecular weight is 284 g/mol. The van der Waals surface area contributed by atoms with E-state index in [0.717, 1.165) is 31.7 Å². The van der Waals surface area contributed by atoms with Crippen LogP contribution in [0.1, 0.15) is 60.3 Å². The lowest BCUT2D eigenvalue weighted by Crippen LogP contribution is -2.44. The van der Waals surface area contributed by atoms with Crippen LogP contribution in [0.3, 0.4) is 0 Å². The first-order valence-electron chi connectivity index (χ1n) is 8.35. The Hall–Kier alpha value is -0.120. The molecule has 0 heterocycles. The minimum atomic E-state index is 0.236. The maximum absolute atomic E-state index is 5.29. The van der Waals surface area contributed by atoms with Gasteiger partial charge in [-0.05, 0) is 72.8 Å². The average Bonchev–Trinajstić information content (AvgIpc) is 3.17. The van der Waals surface area contributed by atoms with Crippen LogP contribution >= 0.6 is 0 Å². The maximum atomic E-state index is 5.29. The van der Waals surface area contributed by atoms with Crippen molar-refractivity contribution in [3.8, 4) is 0 Å². The third-order valence-corrected chi connectivity index (χ3v) is 4.40. The van der Waals surface area contributed by atoms with Gasteiger partial charge in [-0.2, -0.15) is 0 Å². The molecule has 0 spiro atoms. The Morgan fingerprint density at radius 2 is 1.90 bits per heavy atom. The number of hydrogen-bond donors (Lipinski definition) is 1. The second-order valence-corrected chi connectivity index (χ2v) is 7.48. The third-order valence-electron chi connectivity index (χ3n) is 4.40. The molecule has 1 rings (SSSR count). The van der Waals surface area contributed by atoms with Gasteiger partial charge in [-0.1, -0.05) is 0 Å². The number of methoxy groups -OCH3 is 1. The zero-order chi connectivity index (χ0) is 15.2. The first kappa shape index (κ1) is 17.9. The molecule has 0 aromatic heterocycles. The Morgan fingerprint density at radius 1 is 1.25 bits per heavy atom. The van der Waals surface area contributed by atoms with Gasteiger partial charge in [0.2, 0.25) is 0 Å². The first-order valence-corrected chi connectivity index (χ1v) is 8.35. The van der Waals surface area contributed by atoms with E-state index in [0.29, 0.717) is 6.04 Å². The molecule has 2 unspecified atom stereocenters. The fourth-order valence-corrected chi connectivity index (χ4v) is 2.90. The molecule has 0 radical (unpaired) electrons. The van der Waals surface area contributed by atoms with Gasteiger partial charge in [0.05, 0.1) is 6.61 Å². The standard InChI is InChI=1S/C17H36N2O/c1-14(8-7-11-18-17(3,4)5)19(12-13-20-6)15(2)16-9-10-16/h14-16,18H,7-13H2,1-6H3. The van der Waals surface area contributed by atoms with Gasteiger partial charge in [-0.3, -0.25) is 4.90 Å². The van der Waals surface area contributed by atoms with Gasteiger partial charge in [0.15, 0.2) is 0 Å². The van der Waals surface area contributed by atoms with Crippen molar-refractivity contribution in [2.24, 2.45) is 5.92 Å². The normalized spacial score (nSPS) is 19.4. The van der Waals surface area contributed by atoms with Crippen molar-refractivity contribution in [3.63, 3.8) is 0 Å². The highest BCUT2D eigenvalue weighted by atomic mass is 16.5. The molecule has 1 aliphatic carbocycles. The monoisotopic (exact) mass is 284 g/mol. The largest absolute Gasteiger partial charge is 0.383 e. The Bertz CT molecular complexity index is 258. The quantitative estimate of drug-likeness (QED) is 0.623. The van der Waals surface area contributed by atoms with Crippen LogP contribution in [0, 0.1) is 5.92 Å². The third kappa shape index (κ3) is 7.05. The number of rotatable bonds is 10. The summed E-state index contributed by atoms with van der Waals surface area (Å²) in [5, 5.41) is 3.58. The molecule has 1 aliphatic rings. The predicted octanol–water partition coefficient (Wildman–Crippen LogP) is 3.29. The van der Waals surface area contributed by atoms with E-state index in [4.69, 9.17) is 4.74 Å². The molecule has 2 atom stereocenters. The molecule has 3 heteroatoms. The van der Waals surface area contributed by atoms with Gasteiger partial charge in [0.1, 0.15) is 0 Å². The number of hydrogen-bond acceptors (Lipinski definition) is 3. The molecule has 1 saturated carbocycles. The van der Waals surface area contributed by atoms with Crippen molar-refractivity contribution >= 4 is 0 Å². The minimum Gasteiger partial charge on any atom is -0.383 e. The Balaban J connectivity index is 2.32. The summed E-state index contributed by atoms with van der Waals surface area (Å²) in [5.41, 5.74) is 0.236. The van der Waals surface area contributed by atoms with Crippen LogP contribution < -0.4 is 5.32 Å². The molecule has 0 amide bonds. The molecule has 0 aromatic rings. The summed E-state index contributed by atoms with van der Waals surface area (Å²) < 4.78 is 5.29.